The van der Waals surface area contributed by atoms with Crippen LogP contribution in [0, 0.1) is 0 Å². The fourth-order valence-electron chi connectivity index (χ4n) is 1.50. The summed E-state index contributed by atoms with van der Waals surface area (Å²) in [6.45, 7) is -0.766. The molecule has 0 atom stereocenters. The van der Waals surface area contributed by atoms with Crippen molar-refractivity contribution in [3.63, 3.8) is 0 Å². The van der Waals surface area contributed by atoms with Gasteiger partial charge in [0.2, 0.25) is 5.78 Å². The largest absolute Gasteiger partial charge is 0.471 e. The number of nitrogens with one attached hydrogen (secondary N) is 1. The van der Waals surface area contributed by atoms with Crippen LogP contribution in [0.25, 0.3) is 0 Å². The predicted octanol–water partition coefficient (Wildman–Crippen LogP) is 0.837. The van der Waals surface area contributed by atoms with E-state index in [1.54, 1.807) is 0 Å². The van der Waals surface area contributed by atoms with Gasteiger partial charge in [-0.1, -0.05) is 0 Å². The van der Waals surface area contributed by atoms with Crippen molar-refractivity contribution in [3.05, 3.63) is 0 Å². The van der Waals surface area contributed by atoms with Crippen molar-refractivity contribution in [2.75, 3.05) is 32.7 Å². The molecule has 0 aliphatic heterocycles. The summed E-state index contributed by atoms with van der Waals surface area (Å²) in [5.74, 6) is -3.88. The van der Waals surface area contributed by atoms with Crippen LogP contribution in [0.5, 0.6) is 0 Å². The monoisotopic (exact) mass is 337 g/mol. The first kappa shape index (κ1) is 20.6. The number of amides is 1. The van der Waals surface area contributed by atoms with Crippen LogP contribution in [-0.2, 0) is 9.59 Å². The topological polar surface area (TPSA) is 75.4 Å². The highest BCUT2D eigenvalue weighted by Crippen LogP contribution is 2.19. The van der Waals surface area contributed by atoms with E-state index in [-0.39, 0.29) is 39.1 Å². The van der Waals surface area contributed by atoms with Crippen molar-refractivity contribution < 1.29 is 35.9 Å². The van der Waals surface area contributed by atoms with E-state index in [9.17, 15) is 35.9 Å². The lowest BCUT2D eigenvalue weighted by Gasteiger charge is -2.23. The standard InChI is InChI=1S/C11H17F6N3O2/c12-10(13,14)8(21)2-1-4-19-5-7-20(6-3-18)9(22)11(15,16)17/h19H,1-7,18H2. The van der Waals surface area contributed by atoms with Crippen LogP contribution in [0.15, 0.2) is 0 Å². The Morgan fingerprint density at radius 1 is 0.955 bits per heavy atom. The Kier molecular flexibility index (Phi) is 8.38. The van der Waals surface area contributed by atoms with Gasteiger partial charge in [-0.3, -0.25) is 9.59 Å². The van der Waals surface area contributed by atoms with Crippen molar-refractivity contribution in [2.24, 2.45) is 5.73 Å². The van der Waals surface area contributed by atoms with E-state index < -0.39 is 30.5 Å². The smallest absolute Gasteiger partial charge is 0.332 e. The van der Waals surface area contributed by atoms with E-state index in [1.165, 1.54) is 0 Å². The quantitative estimate of drug-likeness (QED) is 0.483. The Hall–Kier alpha value is -1.36. The lowest BCUT2D eigenvalue weighted by Crippen LogP contribution is -2.46. The molecule has 0 aromatic rings. The van der Waals surface area contributed by atoms with Crippen LogP contribution in [0.4, 0.5) is 26.3 Å². The van der Waals surface area contributed by atoms with E-state index in [0.717, 1.165) is 0 Å². The second kappa shape index (κ2) is 8.93. The molecule has 5 nitrogen and oxygen atoms in total. The van der Waals surface area contributed by atoms with Crippen molar-refractivity contribution in [1.82, 2.24) is 10.2 Å². The maximum Gasteiger partial charge on any atom is 0.471 e. The van der Waals surface area contributed by atoms with Gasteiger partial charge in [0.25, 0.3) is 0 Å². The molecule has 0 heterocycles. The summed E-state index contributed by atoms with van der Waals surface area (Å²) in [5, 5.41) is 2.57. The Morgan fingerprint density at radius 3 is 2.00 bits per heavy atom. The molecule has 130 valence electrons. The molecule has 22 heavy (non-hydrogen) atoms. The molecule has 0 saturated carbocycles. The second-order valence-electron chi connectivity index (χ2n) is 4.35. The summed E-state index contributed by atoms with van der Waals surface area (Å²) >= 11 is 0. The highest BCUT2D eigenvalue weighted by Gasteiger charge is 2.42. The van der Waals surface area contributed by atoms with Gasteiger partial charge in [0.05, 0.1) is 0 Å². The zero-order valence-corrected chi connectivity index (χ0v) is 11.6. The molecule has 11 heteroatoms. The van der Waals surface area contributed by atoms with Crippen molar-refractivity contribution >= 4 is 11.7 Å². The Balaban J connectivity index is 4.01. The fraction of sp³-hybridized carbons (Fsp3) is 0.818. The first-order valence-corrected chi connectivity index (χ1v) is 6.37. The molecule has 0 radical (unpaired) electrons. The normalized spacial score (nSPS) is 12.3. The van der Waals surface area contributed by atoms with Crippen LogP contribution in [0.2, 0.25) is 0 Å². The van der Waals surface area contributed by atoms with Crippen LogP contribution >= 0.6 is 0 Å². The molecule has 0 aliphatic carbocycles. The van der Waals surface area contributed by atoms with Crippen LogP contribution in [0.1, 0.15) is 12.8 Å². The number of hydrogen-bond acceptors (Lipinski definition) is 4. The summed E-state index contributed by atoms with van der Waals surface area (Å²) in [6.07, 6.45) is -10.7. The number of rotatable bonds is 9. The molecule has 0 aromatic heterocycles. The van der Waals surface area contributed by atoms with Gasteiger partial charge in [-0.05, 0) is 13.0 Å². The molecular weight excluding hydrogens is 320 g/mol. The van der Waals surface area contributed by atoms with E-state index in [4.69, 9.17) is 5.73 Å². The summed E-state index contributed by atoms with van der Waals surface area (Å²) in [5.41, 5.74) is 5.11. The van der Waals surface area contributed by atoms with Gasteiger partial charge in [-0.15, -0.1) is 0 Å². The van der Waals surface area contributed by atoms with Crippen molar-refractivity contribution in [2.45, 2.75) is 25.2 Å². The Bertz CT molecular complexity index is 370. The molecule has 0 bridgehead atoms. The molecule has 0 spiro atoms. The molecule has 0 aromatic carbocycles. The van der Waals surface area contributed by atoms with Gasteiger partial charge in [0, 0.05) is 32.6 Å². The number of nitrogens with two attached hydrogens (primary N) is 1. The Morgan fingerprint density at radius 2 is 1.55 bits per heavy atom. The van der Waals surface area contributed by atoms with E-state index >= 15 is 0 Å². The van der Waals surface area contributed by atoms with Gasteiger partial charge in [-0.2, -0.15) is 26.3 Å². The number of ketones is 1. The van der Waals surface area contributed by atoms with Crippen LogP contribution in [0.3, 0.4) is 0 Å². The summed E-state index contributed by atoms with van der Waals surface area (Å²) in [6, 6.07) is 0. The van der Waals surface area contributed by atoms with E-state index in [1.807, 2.05) is 0 Å². The van der Waals surface area contributed by atoms with Gasteiger partial charge in [0.15, 0.2) is 0 Å². The summed E-state index contributed by atoms with van der Waals surface area (Å²) in [4.78, 5) is 22.1. The summed E-state index contributed by atoms with van der Waals surface area (Å²) < 4.78 is 72.4. The number of Topliss-reactive ketones (excluding diaryl/α,β-unsaturated/α-hetero) is 1. The van der Waals surface area contributed by atoms with E-state index in [2.05, 4.69) is 5.32 Å². The molecule has 0 fully saturated rings. The maximum atomic E-state index is 12.3. The van der Waals surface area contributed by atoms with E-state index in [0.29, 0.717) is 4.90 Å². The zero-order valence-electron chi connectivity index (χ0n) is 11.6. The highest BCUT2D eigenvalue weighted by atomic mass is 19.4. The lowest BCUT2D eigenvalue weighted by atomic mass is 10.2. The minimum Gasteiger partial charge on any atom is -0.332 e. The minimum atomic E-state index is -5.01. The number of carbonyl (C=O) groups is 2. The lowest BCUT2D eigenvalue weighted by molar-refractivity contribution is -0.185. The van der Waals surface area contributed by atoms with Crippen molar-refractivity contribution in [1.29, 1.82) is 0 Å². The number of alkyl halides is 6. The number of nitrogens with zero attached hydrogens (tertiary/aromatic N) is 1. The summed E-state index contributed by atoms with van der Waals surface area (Å²) in [7, 11) is 0. The average molecular weight is 337 g/mol. The fourth-order valence-corrected chi connectivity index (χ4v) is 1.50. The molecule has 0 saturated heterocycles. The molecule has 0 rings (SSSR count). The number of carbonyl (C=O) groups excluding carboxylic acids is 2. The average Bonchev–Trinajstić information content (AvgIpc) is 2.38. The second-order valence-corrected chi connectivity index (χ2v) is 4.35. The molecule has 0 unspecified atom stereocenters. The van der Waals surface area contributed by atoms with Gasteiger partial charge >= 0.3 is 18.3 Å². The third-order valence-electron chi connectivity index (χ3n) is 2.56. The molecule has 3 N–H and O–H groups in total. The van der Waals surface area contributed by atoms with Crippen molar-refractivity contribution in [3.8, 4) is 0 Å². The highest BCUT2D eigenvalue weighted by molar-refractivity contribution is 5.83. The SMILES string of the molecule is NCCN(CCNCCCC(=O)C(F)(F)F)C(=O)C(F)(F)F. The molecule has 1 amide bonds. The van der Waals surface area contributed by atoms with Gasteiger partial charge in [-0.25, -0.2) is 0 Å². The van der Waals surface area contributed by atoms with Crippen LogP contribution in [-0.4, -0.2) is 61.7 Å². The third kappa shape index (κ3) is 8.17. The first-order valence-electron chi connectivity index (χ1n) is 6.37. The zero-order chi connectivity index (χ0) is 17.4. The number of halogens is 6. The van der Waals surface area contributed by atoms with Gasteiger partial charge < -0.3 is 16.0 Å². The minimum absolute atomic E-state index is 0.0124. The van der Waals surface area contributed by atoms with Gasteiger partial charge in [0.1, 0.15) is 0 Å². The number of hydrogen-bond donors (Lipinski definition) is 2. The van der Waals surface area contributed by atoms with Crippen LogP contribution < -0.4 is 11.1 Å². The first-order chi connectivity index (χ1) is 10.00. The predicted molar refractivity (Wildman–Crippen MR) is 64.9 cm³/mol. The maximum absolute atomic E-state index is 12.3. The molecule has 0 aliphatic rings. The molecular formula is C11H17F6N3O2. The third-order valence-corrected chi connectivity index (χ3v) is 2.56. The Labute approximate surface area is 122 Å².